The number of anilines is 1. The average molecular weight is 567 g/mol. The van der Waals surface area contributed by atoms with Gasteiger partial charge >= 0.3 is 6.09 Å². The third-order valence-electron chi connectivity index (χ3n) is 7.76. The lowest BCUT2D eigenvalue weighted by atomic mass is 9.98. The quantitative estimate of drug-likeness (QED) is 0.196. The van der Waals surface area contributed by atoms with Crippen LogP contribution in [0.15, 0.2) is 104 Å². The first-order valence-corrected chi connectivity index (χ1v) is 14.3. The Labute approximate surface area is 247 Å². The lowest BCUT2D eigenvalue weighted by Gasteiger charge is -2.39. The molecule has 1 amide bonds. The molecule has 0 spiro atoms. The molecule has 5 rings (SSSR count). The highest BCUT2D eigenvalue weighted by atomic mass is 16.7. The molecule has 0 bridgehead atoms. The molecular formula is C35H38N2O5. The summed E-state index contributed by atoms with van der Waals surface area (Å²) in [6.07, 6.45) is 0.678. The summed E-state index contributed by atoms with van der Waals surface area (Å²) in [4.78, 5) is 14.4. The highest BCUT2D eigenvalue weighted by molar-refractivity contribution is 5.84. The summed E-state index contributed by atoms with van der Waals surface area (Å²) in [6, 6.07) is 30.5. The Morgan fingerprint density at radius 2 is 1.81 bits per heavy atom. The van der Waals surface area contributed by atoms with Gasteiger partial charge in [-0.3, -0.25) is 10.2 Å². The van der Waals surface area contributed by atoms with Crippen LogP contribution in [0.1, 0.15) is 54.0 Å². The van der Waals surface area contributed by atoms with Crippen molar-refractivity contribution < 1.29 is 24.1 Å². The number of ether oxygens (including phenoxy) is 3. The van der Waals surface area contributed by atoms with Crippen LogP contribution in [0, 0.1) is 0 Å². The molecule has 0 unspecified atom stereocenters. The molecule has 1 heterocycles. The van der Waals surface area contributed by atoms with Gasteiger partial charge in [-0.25, -0.2) is 4.79 Å². The third-order valence-corrected chi connectivity index (χ3v) is 7.76. The Morgan fingerprint density at radius 1 is 1.02 bits per heavy atom. The summed E-state index contributed by atoms with van der Waals surface area (Å²) in [6.45, 7) is 6.61. The van der Waals surface area contributed by atoms with Crippen LogP contribution in [0.25, 0.3) is 10.8 Å². The number of carbonyl (C=O) groups is 1. The van der Waals surface area contributed by atoms with Crippen LogP contribution in [-0.2, 0) is 20.8 Å². The normalized spacial score (nSPS) is 19.4. The van der Waals surface area contributed by atoms with E-state index in [2.05, 4.69) is 73.2 Å². The minimum Gasteiger partial charge on any atom is -0.445 e. The molecule has 1 saturated heterocycles. The van der Waals surface area contributed by atoms with Crippen molar-refractivity contribution in [1.82, 2.24) is 4.90 Å². The van der Waals surface area contributed by atoms with Crippen molar-refractivity contribution in [3.63, 3.8) is 0 Å². The fourth-order valence-electron chi connectivity index (χ4n) is 5.29. The molecule has 1 fully saturated rings. The van der Waals surface area contributed by atoms with E-state index in [-0.39, 0.29) is 31.5 Å². The summed E-state index contributed by atoms with van der Waals surface area (Å²) in [5.41, 5.74) is 4.51. The van der Waals surface area contributed by atoms with Crippen LogP contribution < -0.4 is 5.32 Å². The number of aliphatic hydroxyl groups excluding tert-OH is 1. The number of hydrogen-bond donors (Lipinski definition) is 2. The van der Waals surface area contributed by atoms with Gasteiger partial charge in [0.05, 0.1) is 18.8 Å². The number of fused-ring (bicyclic) bond motifs is 1. The Bertz CT molecular complexity index is 1510. The van der Waals surface area contributed by atoms with Crippen molar-refractivity contribution in [2.24, 2.45) is 0 Å². The number of benzene rings is 4. The Kier molecular flexibility index (Phi) is 9.66. The second-order valence-corrected chi connectivity index (χ2v) is 10.7. The molecule has 218 valence electrons. The first-order chi connectivity index (χ1) is 20.4. The van der Waals surface area contributed by atoms with Crippen molar-refractivity contribution in [1.29, 1.82) is 0 Å². The lowest BCUT2D eigenvalue weighted by molar-refractivity contribution is -0.253. The summed E-state index contributed by atoms with van der Waals surface area (Å²) in [5.74, 6) is 0. The molecular weight excluding hydrogens is 528 g/mol. The van der Waals surface area contributed by atoms with Crippen molar-refractivity contribution in [3.8, 4) is 0 Å². The predicted octanol–water partition coefficient (Wildman–Crippen LogP) is 7.31. The zero-order chi connectivity index (χ0) is 29.5. The van der Waals surface area contributed by atoms with Crippen LogP contribution >= 0.6 is 0 Å². The van der Waals surface area contributed by atoms with Gasteiger partial charge in [-0.2, -0.15) is 0 Å². The molecule has 0 saturated carbocycles. The maximum absolute atomic E-state index is 12.1. The van der Waals surface area contributed by atoms with Crippen molar-refractivity contribution in [2.75, 3.05) is 25.5 Å². The molecule has 0 radical (unpaired) electrons. The highest BCUT2D eigenvalue weighted by Crippen LogP contribution is 2.39. The topological polar surface area (TPSA) is 80.3 Å². The molecule has 0 aromatic heterocycles. The molecule has 7 heteroatoms. The van der Waals surface area contributed by atoms with E-state index in [1.807, 2.05) is 42.5 Å². The minimum absolute atomic E-state index is 0.00730. The minimum atomic E-state index is -0.637. The molecule has 1 aliphatic heterocycles. The fraction of sp³-hybridized carbons (Fsp3) is 0.286. The van der Waals surface area contributed by atoms with Gasteiger partial charge in [0.2, 0.25) is 0 Å². The third kappa shape index (κ3) is 7.24. The first-order valence-electron chi connectivity index (χ1n) is 14.3. The molecule has 1 aliphatic rings. The maximum Gasteiger partial charge on any atom is 0.411 e. The standard InChI is InChI=1S/C35H38N2O5/c1-4-18-40-35(39)36-31-11-7-10-30(20-31)34-41-32(21-33(42-34)27-14-12-25(23-38)13-15-27)22-37(3)24(2)28-17-16-26-8-5-6-9-29(26)19-28/h4-17,19-20,24,32-34,38H,1,18,21-23H2,2-3H3,(H,36,39)/t24-,32-,33+,34+/m1/s1. The molecule has 0 aliphatic carbocycles. The number of amides is 1. The SMILES string of the molecule is C=CCOC(=O)Nc1cccc([C@H]2O[C@@H](CN(C)[C@H](C)c3ccc4ccccc4c3)C[C@@H](c3ccc(CO)cc3)O2)c1. The van der Waals surface area contributed by atoms with E-state index in [0.29, 0.717) is 18.7 Å². The number of rotatable bonds is 10. The van der Waals surface area contributed by atoms with Gasteiger partial charge in [0.15, 0.2) is 6.29 Å². The smallest absolute Gasteiger partial charge is 0.411 e. The van der Waals surface area contributed by atoms with Crippen LogP contribution in [0.2, 0.25) is 0 Å². The van der Waals surface area contributed by atoms with E-state index in [1.54, 1.807) is 6.07 Å². The van der Waals surface area contributed by atoms with Gasteiger partial charge in [-0.15, -0.1) is 0 Å². The molecule has 42 heavy (non-hydrogen) atoms. The Hall–Kier alpha value is -4.01. The van der Waals surface area contributed by atoms with Gasteiger partial charge in [0, 0.05) is 30.3 Å². The van der Waals surface area contributed by atoms with E-state index >= 15 is 0 Å². The van der Waals surface area contributed by atoms with Gasteiger partial charge in [-0.1, -0.05) is 85.5 Å². The average Bonchev–Trinajstić information content (AvgIpc) is 3.03. The van der Waals surface area contributed by atoms with Crippen LogP contribution in [-0.4, -0.2) is 42.4 Å². The number of carbonyl (C=O) groups excluding carboxylic acids is 1. The monoisotopic (exact) mass is 566 g/mol. The summed E-state index contributed by atoms with van der Waals surface area (Å²) in [7, 11) is 2.12. The second-order valence-electron chi connectivity index (χ2n) is 10.7. The Balaban J connectivity index is 1.35. The second kappa shape index (κ2) is 13.8. The molecule has 4 aromatic carbocycles. The zero-order valence-electron chi connectivity index (χ0n) is 24.1. The number of nitrogens with zero attached hydrogens (tertiary/aromatic N) is 1. The van der Waals surface area contributed by atoms with Crippen LogP contribution in [0.3, 0.4) is 0 Å². The highest BCUT2D eigenvalue weighted by Gasteiger charge is 2.33. The van der Waals surface area contributed by atoms with E-state index < -0.39 is 12.4 Å². The molecule has 4 aromatic rings. The van der Waals surface area contributed by atoms with Crippen LogP contribution in [0.5, 0.6) is 0 Å². The Morgan fingerprint density at radius 3 is 2.57 bits per heavy atom. The number of likely N-dealkylation sites (N-methyl/N-ethyl adjacent to an activating group) is 1. The van der Waals surface area contributed by atoms with E-state index in [1.165, 1.54) is 22.4 Å². The van der Waals surface area contributed by atoms with Crippen molar-refractivity contribution >= 4 is 22.6 Å². The summed E-state index contributed by atoms with van der Waals surface area (Å²) >= 11 is 0. The van der Waals surface area contributed by atoms with Crippen LogP contribution in [0.4, 0.5) is 10.5 Å². The fourth-order valence-corrected chi connectivity index (χ4v) is 5.29. The zero-order valence-corrected chi connectivity index (χ0v) is 24.1. The first kappa shape index (κ1) is 29.5. The van der Waals surface area contributed by atoms with Crippen molar-refractivity contribution in [3.05, 3.63) is 126 Å². The van der Waals surface area contributed by atoms with Gasteiger partial charge < -0.3 is 19.3 Å². The largest absolute Gasteiger partial charge is 0.445 e. The number of nitrogens with one attached hydrogen (secondary N) is 1. The van der Waals surface area contributed by atoms with E-state index in [9.17, 15) is 9.90 Å². The van der Waals surface area contributed by atoms with E-state index in [0.717, 1.165) is 16.7 Å². The van der Waals surface area contributed by atoms with Crippen molar-refractivity contribution in [2.45, 2.75) is 44.5 Å². The number of hydrogen-bond acceptors (Lipinski definition) is 6. The van der Waals surface area contributed by atoms with Gasteiger partial charge in [0.1, 0.15) is 6.61 Å². The van der Waals surface area contributed by atoms with E-state index in [4.69, 9.17) is 14.2 Å². The summed E-state index contributed by atoms with van der Waals surface area (Å²) < 4.78 is 18.1. The van der Waals surface area contributed by atoms with Gasteiger partial charge in [0.25, 0.3) is 0 Å². The predicted molar refractivity (Wildman–Crippen MR) is 165 cm³/mol. The molecule has 2 N–H and O–H groups in total. The molecule has 7 nitrogen and oxygen atoms in total. The number of aliphatic hydroxyl groups is 1. The summed E-state index contributed by atoms with van der Waals surface area (Å²) in [5, 5.41) is 14.7. The molecule has 4 atom stereocenters. The van der Waals surface area contributed by atoms with Gasteiger partial charge in [-0.05, 0) is 59.6 Å². The lowest BCUT2D eigenvalue weighted by Crippen LogP contribution is -2.38. The maximum atomic E-state index is 12.1.